The second-order valence-electron chi connectivity index (χ2n) is 5.81. The number of nitrogens with zero attached hydrogens (tertiary/aromatic N) is 1. The van der Waals surface area contributed by atoms with Gasteiger partial charge < -0.3 is 5.32 Å². The summed E-state index contributed by atoms with van der Waals surface area (Å²) in [6.07, 6.45) is 0. The lowest BCUT2D eigenvalue weighted by molar-refractivity contribution is 0.360. The Balaban J connectivity index is 1.94. The fraction of sp³-hybridized carbons (Fsp3) is 0.571. The van der Waals surface area contributed by atoms with Crippen LogP contribution in [0.15, 0.2) is 27.6 Å². The van der Waals surface area contributed by atoms with Crippen molar-refractivity contribution in [2.75, 3.05) is 19.6 Å². The van der Waals surface area contributed by atoms with Crippen molar-refractivity contribution in [3.63, 3.8) is 0 Å². The molecule has 1 aromatic carbocycles. The maximum Gasteiger partial charge on any atom is 0.243 e. The van der Waals surface area contributed by atoms with E-state index in [-0.39, 0.29) is 6.04 Å². The monoisotopic (exact) mass is 358 g/mol. The second kappa shape index (κ2) is 5.09. The predicted octanol–water partition coefficient (Wildman–Crippen LogP) is 1.99. The summed E-state index contributed by atoms with van der Waals surface area (Å²) in [5, 5.41) is 3.36. The maximum atomic E-state index is 12.8. The van der Waals surface area contributed by atoms with E-state index in [1.807, 2.05) is 19.9 Å². The van der Waals surface area contributed by atoms with Crippen molar-refractivity contribution in [2.45, 2.75) is 24.8 Å². The van der Waals surface area contributed by atoms with E-state index >= 15 is 0 Å². The van der Waals surface area contributed by atoms with Crippen molar-refractivity contribution >= 4 is 26.0 Å². The van der Waals surface area contributed by atoms with Crippen molar-refractivity contribution < 1.29 is 8.42 Å². The highest BCUT2D eigenvalue weighted by Gasteiger charge is 2.46. The molecule has 2 aliphatic heterocycles. The van der Waals surface area contributed by atoms with Gasteiger partial charge in [-0.05, 0) is 62.5 Å². The molecule has 0 saturated carbocycles. The molecule has 1 N–H and O–H groups in total. The summed E-state index contributed by atoms with van der Waals surface area (Å²) in [7, 11) is -3.38. The number of fused-ring (bicyclic) bond motifs is 1. The minimum Gasteiger partial charge on any atom is -0.316 e. The van der Waals surface area contributed by atoms with Crippen LogP contribution in [-0.4, -0.2) is 38.4 Å². The summed E-state index contributed by atoms with van der Waals surface area (Å²) in [4.78, 5) is 0.401. The molecule has 0 radical (unpaired) electrons. The number of rotatable bonds is 2. The Kier molecular flexibility index (Phi) is 3.69. The van der Waals surface area contributed by atoms with Crippen LogP contribution in [0.4, 0.5) is 0 Å². The Labute approximate surface area is 128 Å². The van der Waals surface area contributed by atoms with Gasteiger partial charge in [-0.3, -0.25) is 0 Å². The van der Waals surface area contributed by atoms with Crippen molar-refractivity contribution in [2.24, 2.45) is 11.8 Å². The van der Waals surface area contributed by atoms with E-state index in [4.69, 9.17) is 0 Å². The molecule has 3 atom stereocenters. The molecule has 2 saturated heterocycles. The smallest absolute Gasteiger partial charge is 0.243 e. The van der Waals surface area contributed by atoms with Gasteiger partial charge in [0.1, 0.15) is 0 Å². The first-order valence-electron chi connectivity index (χ1n) is 6.90. The molecule has 2 fully saturated rings. The molecule has 2 aliphatic rings. The zero-order valence-corrected chi connectivity index (χ0v) is 14.0. The van der Waals surface area contributed by atoms with Crippen LogP contribution in [-0.2, 0) is 10.0 Å². The summed E-state index contributed by atoms with van der Waals surface area (Å²) >= 11 is 3.41. The molecule has 0 amide bonds. The van der Waals surface area contributed by atoms with Crippen LogP contribution >= 0.6 is 15.9 Å². The average molecular weight is 359 g/mol. The highest BCUT2D eigenvalue weighted by Crippen LogP contribution is 2.36. The minimum absolute atomic E-state index is 0.0731. The molecule has 3 rings (SSSR count). The van der Waals surface area contributed by atoms with Crippen LogP contribution in [0.5, 0.6) is 0 Å². The summed E-state index contributed by atoms with van der Waals surface area (Å²) in [6, 6.07) is 5.32. The highest BCUT2D eigenvalue weighted by molar-refractivity contribution is 9.10. The van der Waals surface area contributed by atoms with Gasteiger partial charge in [-0.1, -0.05) is 15.9 Å². The molecular weight excluding hydrogens is 340 g/mol. The first-order valence-corrected chi connectivity index (χ1v) is 9.13. The molecular formula is C14H19BrN2O2S. The Bertz CT molecular complexity index is 632. The number of benzene rings is 1. The zero-order valence-electron chi connectivity index (χ0n) is 11.6. The third kappa shape index (κ3) is 2.22. The Morgan fingerprint density at radius 3 is 2.75 bits per heavy atom. The van der Waals surface area contributed by atoms with Crippen molar-refractivity contribution in [3.8, 4) is 0 Å². The topological polar surface area (TPSA) is 49.4 Å². The van der Waals surface area contributed by atoms with Gasteiger partial charge in [0.2, 0.25) is 10.0 Å². The summed E-state index contributed by atoms with van der Waals surface area (Å²) in [5.74, 6) is 0.901. The van der Waals surface area contributed by atoms with Crippen LogP contribution in [0, 0.1) is 18.8 Å². The third-order valence-electron chi connectivity index (χ3n) is 4.62. The van der Waals surface area contributed by atoms with Gasteiger partial charge in [0, 0.05) is 17.1 Å². The molecule has 6 heteroatoms. The Hall–Kier alpha value is -0.430. The van der Waals surface area contributed by atoms with Crippen molar-refractivity contribution in [1.82, 2.24) is 9.62 Å². The van der Waals surface area contributed by atoms with Crippen molar-refractivity contribution in [3.05, 3.63) is 28.2 Å². The predicted molar refractivity (Wildman–Crippen MR) is 82.1 cm³/mol. The number of aryl methyl sites for hydroxylation is 1. The van der Waals surface area contributed by atoms with Gasteiger partial charge in [-0.25, -0.2) is 8.42 Å². The maximum absolute atomic E-state index is 12.8. The summed E-state index contributed by atoms with van der Waals surface area (Å²) in [5.41, 5.74) is 0.944. The van der Waals surface area contributed by atoms with E-state index in [9.17, 15) is 8.42 Å². The number of halogens is 1. The molecule has 20 heavy (non-hydrogen) atoms. The van der Waals surface area contributed by atoms with Crippen LogP contribution < -0.4 is 5.32 Å². The van der Waals surface area contributed by atoms with Gasteiger partial charge in [0.15, 0.2) is 0 Å². The van der Waals surface area contributed by atoms with E-state index in [0.29, 0.717) is 23.3 Å². The lowest BCUT2D eigenvalue weighted by Crippen LogP contribution is -2.38. The Morgan fingerprint density at radius 2 is 2.10 bits per heavy atom. The molecule has 4 nitrogen and oxygen atoms in total. The lowest BCUT2D eigenvalue weighted by atomic mass is 9.95. The Morgan fingerprint density at radius 1 is 1.35 bits per heavy atom. The minimum atomic E-state index is -3.38. The first-order chi connectivity index (χ1) is 9.41. The summed E-state index contributed by atoms with van der Waals surface area (Å²) in [6.45, 7) is 6.43. The molecule has 0 aromatic heterocycles. The van der Waals surface area contributed by atoms with E-state index in [1.54, 1.807) is 16.4 Å². The van der Waals surface area contributed by atoms with E-state index < -0.39 is 10.0 Å². The first kappa shape index (κ1) is 14.5. The second-order valence-corrected chi connectivity index (χ2v) is 8.55. The lowest BCUT2D eigenvalue weighted by Gasteiger charge is -2.24. The van der Waals surface area contributed by atoms with E-state index in [1.165, 1.54) is 0 Å². The summed E-state index contributed by atoms with van der Waals surface area (Å²) < 4.78 is 28.3. The van der Waals surface area contributed by atoms with Crippen molar-refractivity contribution in [1.29, 1.82) is 0 Å². The normalized spacial score (nSPS) is 30.6. The molecule has 0 bridgehead atoms. The van der Waals surface area contributed by atoms with Gasteiger partial charge in [0.05, 0.1) is 4.90 Å². The zero-order chi connectivity index (χ0) is 14.5. The number of nitrogens with one attached hydrogen (secondary N) is 1. The van der Waals surface area contributed by atoms with Crippen LogP contribution in [0.2, 0.25) is 0 Å². The van der Waals surface area contributed by atoms with E-state index in [0.717, 1.165) is 23.1 Å². The quantitative estimate of drug-likeness (QED) is 0.879. The van der Waals surface area contributed by atoms with Crippen LogP contribution in [0.1, 0.15) is 12.5 Å². The van der Waals surface area contributed by atoms with Crippen LogP contribution in [0.25, 0.3) is 0 Å². The molecule has 3 unspecified atom stereocenters. The van der Waals surface area contributed by atoms with Crippen LogP contribution in [0.3, 0.4) is 0 Å². The standard InChI is InChI=1S/C14H19BrN2O2S/c1-9-5-12(3-4-14(9)15)20(18,19)17-8-11-6-16-7-13(11)10(17)2/h3-5,10-11,13,16H,6-8H2,1-2H3. The van der Waals surface area contributed by atoms with Gasteiger partial charge in [-0.2, -0.15) is 4.31 Å². The van der Waals surface area contributed by atoms with Gasteiger partial charge in [-0.15, -0.1) is 0 Å². The fourth-order valence-electron chi connectivity index (χ4n) is 3.36. The molecule has 1 aromatic rings. The molecule has 0 aliphatic carbocycles. The highest BCUT2D eigenvalue weighted by atomic mass is 79.9. The number of hydrogen-bond donors (Lipinski definition) is 1. The molecule has 0 spiro atoms. The largest absolute Gasteiger partial charge is 0.316 e. The average Bonchev–Trinajstić information content (AvgIpc) is 2.96. The number of hydrogen-bond acceptors (Lipinski definition) is 3. The van der Waals surface area contributed by atoms with Gasteiger partial charge >= 0.3 is 0 Å². The van der Waals surface area contributed by atoms with Gasteiger partial charge in [0.25, 0.3) is 0 Å². The van der Waals surface area contributed by atoms with E-state index in [2.05, 4.69) is 21.2 Å². The molecule has 110 valence electrons. The molecule has 2 heterocycles. The fourth-order valence-corrected chi connectivity index (χ4v) is 5.42. The third-order valence-corrected chi connectivity index (χ3v) is 7.45. The SMILES string of the molecule is Cc1cc(S(=O)(=O)N2CC3CNCC3C2C)ccc1Br. The number of sulfonamides is 1.